The molecule has 3 atom stereocenters. The molecule has 0 aliphatic carbocycles. The minimum Gasteiger partial charge on any atom is -0.381 e. The van der Waals surface area contributed by atoms with E-state index in [2.05, 4.69) is 36.9 Å². The number of rotatable bonds is 4. The number of methoxy groups -OCH3 is 1. The molecule has 4 rings (SSSR count). The number of piperidine rings is 1. The van der Waals surface area contributed by atoms with Gasteiger partial charge in [0.05, 0.1) is 12.1 Å². The van der Waals surface area contributed by atoms with Crippen LogP contribution in [-0.4, -0.2) is 58.7 Å². The second-order valence-corrected chi connectivity index (χ2v) is 6.59. The highest BCUT2D eigenvalue weighted by Gasteiger charge is 2.45. The number of anilines is 1. The number of aromatic nitrogens is 3. The molecule has 2 aliphatic rings. The molecule has 6 nitrogen and oxygen atoms in total. The van der Waals surface area contributed by atoms with Crippen LogP contribution in [0.2, 0.25) is 0 Å². The van der Waals surface area contributed by atoms with E-state index >= 15 is 0 Å². The first-order valence-electron chi connectivity index (χ1n) is 8.53. The van der Waals surface area contributed by atoms with Gasteiger partial charge in [-0.3, -0.25) is 9.88 Å². The summed E-state index contributed by atoms with van der Waals surface area (Å²) in [6, 6.07) is 6.46. The first-order valence-corrected chi connectivity index (χ1v) is 8.53. The van der Waals surface area contributed by atoms with Gasteiger partial charge >= 0.3 is 0 Å². The van der Waals surface area contributed by atoms with Crippen molar-refractivity contribution in [2.45, 2.75) is 25.1 Å². The second-order valence-electron chi connectivity index (χ2n) is 6.59. The van der Waals surface area contributed by atoms with Crippen LogP contribution in [0.15, 0.2) is 43.0 Å². The number of hydrogen-bond donors (Lipinski definition) is 0. The normalized spacial score (nSPS) is 27.2. The zero-order valence-corrected chi connectivity index (χ0v) is 14.0. The minimum atomic E-state index is 0.317. The molecular formula is C18H23N5O. The Morgan fingerprint density at radius 1 is 1.12 bits per heavy atom. The summed E-state index contributed by atoms with van der Waals surface area (Å²) < 4.78 is 5.78. The van der Waals surface area contributed by atoms with Gasteiger partial charge in [-0.05, 0) is 30.2 Å². The molecule has 0 spiro atoms. The quantitative estimate of drug-likeness (QED) is 0.851. The molecule has 6 heteroatoms. The predicted octanol–water partition coefficient (Wildman–Crippen LogP) is 1.60. The molecule has 0 saturated carbocycles. The monoisotopic (exact) mass is 325 g/mol. The van der Waals surface area contributed by atoms with Gasteiger partial charge < -0.3 is 9.64 Å². The van der Waals surface area contributed by atoms with Gasteiger partial charge in [0.2, 0.25) is 5.95 Å². The Morgan fingerprint density at radius 3 is 2.67 bits per heavy atom. The summed E-state index contributed by atoms with van der Waals surface area (Å²) in [5.74, 6) is 1.34. The van der Waals surface area contributed by atoms with Crippen molar-refractivity contribution in [1.29, 1.82) is 0 Å². The summed E-state index contributed by atoms with van der Waals surface area (Å²) in [4.78, 5) is 17.9. The smallest absolute Gasteiger partial charge is 0.225 e. The molecule has 2 saturated heterocycles. The predicted molar refractivity (Wildman–Crippen MR) is 91.6 cm³/mol. The molecule has 4 heterocycles. The summed E-state index contributed by atoms with van der Waals surface area (Å²) in [5.41, 5.74) is 1.31. The van der Waals surface area contributed by atoms with Crippen LogP contribution < -0.4 is 4.90 Å². The third-order valence-corrected chi connectivity index (χ3v) is 5.21. The fourth-order valence-corrected chi connectivity index (χ4v) is 4.09. The number of pyridine rings is 1. The average molecular weight is 325 g/mol. The number of likely N-dealkylation sites (tertiary alicyclic amines) is 1. The van der Waals surface area contributed by atoms with Gasteiger partial charge in [-0.25, -0.2) is 9.97 Å². The number of fused-ring (bicyclic) bond motifs is 1. The topological polar surface area (TPSA) is 54.4 Å². The maximum Gasteiger partial charge on any atom is 0.225 e. The van der Waals surface area contributed by atoms with Gasteiger partial charge in [-0.15, -0.1) is 0 Å². The Hall–Kier alpha value is -2.05. The van der Waals surface area contributed by atoms with Crippen LogP contribution in [-0.2, 0) is 11.3 Å². The van der Waals surface area contributed by atoms with Crippen molar-refractivity contribution in [1.82, 2.24) is 19.9 Å². The van der Waals surface area contributed by atoms with Crippen molar-refractivity contribution in [2.75, 3.05) is 31.6 Å². The van der Waals surface area contributed by atoms with Crippen molar-refractivity contribution in [3.05, 3.63) is 48.5 Å². The van der Waals surface area contributed by atoms with E-state index in [1.165, 1.54) is 5.56 Å². The third-order valence-electron chi connectivity index (χ3n) is 5.21. The van der Waals surface area contributed by atoms with E-state index in [1.807, 2.05) is 38.0 Å². The largest absolute Gasteiger partial charge is 0.381 e. The van der Waals surface area contributed by atoms with Gasteiger partial charge in [0.25, 0.3) is 0 Å². The maximum atomic E-state index is 5.78. The highest BCUT2D eigenvalue weighted by Crippen LogP contribution is 2.34. The van der Waals surface area contributed by atoms with Crippen molar-refractivity contribution in [3.8, 4) is 0 Å². The van der Waals surface area contributed by atoms with Crippen molar-refractivity contribution in [3.63, 3.8) is 0 Å². The van der Waals surface area contributed by atoms with Gasteiger partial charge in [-0.2, -0.15) is 0 Å². The Morgan fingerprint density at radius 2 is 1.92 bits per heavy atom. The van der Waals surface area contributed by atoms with Crippen LogP contribution in [0.4, 0.5) is 5.95 Å². The van der Waals surface area contributed by atoms with E-state index < -0.39 is 0 Å². The molecule has 126 valence electrons. The lowest BCUT2D eigenvalue weighted by atomic mass is 9.89. The highest BCUT2D eigenvalue weighted by atomic mass is 16.5. The summed E-state index contributed by atoms with van der Waals surface area (Å²) >= 11 is 0. The molecule has 2 fully saturated rings. The fourth-order valence-electron chi connectivity index (χ4n) is 4.09. The lowest BCUT2D eigenvalue weighted by Crippen LogP contribution is -2.52. The zero-order valence-electron chi connectivity index (χ0n) is 14.0. The van der Waals surface area contributed by atoms with E-state index in [1.54, 1.807) is 0 Å². The number of hydrogen-bond acceptors (Lipinski definition) is 6. The Labute approximate surface area is 142 Å². The lowest BCUT2D eigenvalue weighted by molar-refractivity contribution is 0.0314. The molecule has 0 radical (unpaired) electrons. The third kappa shape index (κ3) is 2.99. The first-order chi connectivity index (χ1) is 11.8. The van der Waals surface area contributed by atoms with Crippen molar-refractivity contribution in [2.24, 2.45) is 5.92 Å². The maximum absolute atomic E-state index is 5.78. The van der Waals surface area contributed by atoms with Crippen LogP contribution in [0.1, 0.15) is 12.0 Å². The molecule has 2 aliphatic heterocycles. The van der Waals surface area contributed by atoms with Crippen LogP contribution in [0.5, 0.6) is 0 Å². The first kappa shape index (κ1) is 15.5. The van der Waals surface area contributed by atoms with Gasteiger partial charge in [0.1, 0.15) is 0 Å². The van der Waals surface area contributed by atoms with E-state index in [9.17, 15) is 0 Å². The summed E-state index contributed by atoms with van der Waals surface area (Å²) in [6.45, 7) is 3.97. The van der Waals surface area contributed by atoms with Gasteiger partial charge in [0, 0.05) is 64.0 Å². The Balaban J connectivity index is 1.53. The molecule has 0 bridgehead atoms. The molecule has 2 aromatic rings. The summed E-state index contributed by atoms with van der Waals surface area (Å²) in [7, 11) is 1.84. The molecule has 2 aromatic heterocycles. The summed E-state index contributed by atoms with van der Waals surface area (Å²) in [6.07, 6.45) is 8.71. The van der Waals surface area contributed by atoms with E-state index in [0.717, 1.165) is 38.5 Å². The van der Waals surface area contributed by atoms with E-state index in [-0.39, 0.29) is 0 Å². The fraction of sp³-hybridized carbons (Fsp3) is 0.500. The lowest BCUT2D eigenvalue weighted by Gasteiger charge is -2.41. The second kappa shape index (κ2) is 6.83. The zero-order chi connectivity index (χ0) is 16.4. The molecule has 0 N–H and O–H groups in total. The van der Waals surface area contributed by atoms with Gasteiger partial charge in [-0.1, -0.05) is 0 Å². The van der Waals surface area contributed by atoms with Crippen molar-refractivity contribution >= 4 is 5.95 Å². The van der Waals surface area contributed by atoms with E-state index in [4.69, 9.17) is 4.74 Å². The number of nitrogens with zero attached hydrogens (tertiary/aromatic N) is 5. The van der Waals surface area contributed by atoms with Crippen LogP contribution in [0.25, 0.3) is 0 Å². The molecule has 24 heavy (non-hydrogen) atoms. The molecule has 0 aromatic carbocycles. The SMILES string of the molecule is CO[C@@H]1CCN(c2ncccn2)[C@@H]2CN(Cc3ccncc3)C[C@@H]21. The van der Waals surface area contributed by atoms with Crippen molar-refractivity contribution < 1.29 is 4.74 Å². The van der Waals surface area contributed by atoms with Crippen LogP contribution >= 0.6 is 0 Å². The van der Waals surface area contributed by atoms with E-state index in [0.29, 0.717) is 18.1 Å². The molecule has 0 amide bonds. The Bertz CT molecular complexity index is 653. The van der Waals surface area contributed by atoms with Crippen LogP contribution in [0, 0.1) is 5.92 Å². The number of ether oxygens (including phenoxy) is 1. The average Bonchev–Trinajstić information content (AvgIpc) is 3.06. The molecule has 0 unspecified atom stereocenters. The molecular weight excluding hydrogens is 302 g/mol. The standard InChI is InChI=1S/C18H23N5O/c1-24-17-5-10-23(18-20-6-2-7-21-18)16-13-22(12-15(16)17)11-14-3-8-19-9-4-14/h2-4,6-9,15-17H,5,10-13H2,1H3/t15-,16+,17+/m0/s1. The highest BCUT2D eigenvalue weighted by molar-refractivity contribution is 5.34. The Kier molecular flexibility index (Phi) is 4.40. The minimum absolute atomic E-state index is 0.317. The van der Waals surface area contributed by atoms with Gasteiger partial charge in [0.15, 0.2) is 0 Å². The van der Waals surface area contributed by atoms with Crippen LogP contribution in [0.3, 0.4) is 0 Å². The summed E-state index contributed by atoms with van der Waals surface area (Å²) in [5, 5.41) is 0.